The van der Waals surface area contributed by atoms with Crippen LogP contribution in [0.3, 0.4) is 0 Å². The number of sulfonamides is 1. The molecule has 5 nitrogen and oxygen atoms in total. The fraction of sp³-hybridized carbons (Fsp3) is 0.600. The molecule has 0 spiro atoms. The van der Waals surface area contributed by atoms with Gasteiger partial charge in [-0.3, -0.25) is 0 Å². The lowest BCUT2D eigenvalue weighted by Gasteiger charge is -2.34. The van der Waals surface area contributed by atoms with E-state index in [1.807, 2.05) is 38.1 Å². The Morgan fingerprint density at radius 1 is 1.33 bits per heavy atom. The minimum absolute atomic E-state index is 0.0750. The van der Waals surface area contributed by atoms with E-state index in [0.29, 0.717) is 26.2 Å². The largest absolute Gasteiger partial charge is 0.497 e. The third kappa shape index (κ3) is 3.56. The molecule has 21 heavy (non-hydrogen) atoms. The van der Waals surface area contributed by atoms with Gasteiger partial charge < -0.3 is 9.47 Å². The zero-order valence-corrected chi connectivity index (χ0v) is 13.6. The molecule has 0 aliphatic carbocycles. The van der Waals surface area contributed by atoms with E-state index >= 15 is 0 Å². The van der Waals surface area contributed by atoms with Gasteiger partial charge >= 0.3 is 0 Å². The van der Waals surface area contributed by atoms with E-state index in [2.05, 4.69) is 0 Å². The second-order valence-electron chi connectivity index (χ2n) is 5.31. The Hall–Kier alpha value is -1.11. The van der Waals surface area contributed by atoms with E-state index in [-0.39, 0.29) is 11.3 Å². The molecule has 1 aliphatic rings. The molecule has 1 fully saturated rings. The molecule has 1 saturated heterocycles. The van der Waals surface area contributed by atoms with Crippen molar-refractivity contribution in [3.63, 3.8) is 0 Å². The SMILES string of the molecule is CCN(C(C)Cc1ccc(OC)cc1)S(=O)(=O)C1COC1. The van der Waals surface area contributed by atoms with Gasteiger partial charge in [0.15, 0.2) is 0 Å². The third-order valence-electron chi connectivity index (χ3n) is 3.85. The quantitative estimate of drug-likeness (QED) is 0.768. The Morgan fingerprint density at radius 3 is 2.38 bits per heavy atom. The van der Waals surface area contributed by atoms with Crippen LogP contribution in [-0.4, -0.2) is 50.9 Å². The van der Waals surface area contributed by atoms with Crippen LogP contribution in [0.2, 0.25) is 0 Å². The number of hydrogen-bond acceptors (Lipinski definition) is 4. The Morgan fingerprint density at radius 2 is 1.95 bits per heavy atom. The highest BCUT2D eigenvalue weighted by atomic mass is 32.2. The van der Waals surface area contributed by atoms with E-state index < -0.39 is 10.0 Å². The number of nitrogens with zero attached hydrogens (tertiary/aromatic N) is 1. The van der Waals surface area contributed by atoms with Crippen LogP contribution >= 0.6 is 0 Å². The molecule has 0 aromatic heterocycles. The zero-order valence-electron chi connectivity index (χ0n) is 12.8. The highest BCUT2D eigenvalue weighted by Crippen LogP contribution is 2.21. The van der Waals surface area contributed by atoms with E-state index in [1.165, 1.54) is 0 Å². The van der Waals surface area contributed by atoms with Crippen molar-refractivity contribution >= 4 is 10.0 Å². The molecule has 1 aromatic rings. The van der Waals surface area contributed by atoms with Crippen molar-refractivity contribution in [2.45, 2.75) is 31.6 Å². The monoisotopic (exact) mass is 313 g/mol. The van der Waals surface area contributed by atoms with Crippen LogP contribution in [0.5, 0.6) is 5.75 Å². The van der Waals surface area contributed by atoms with Crippen molar-refractivity contribution in [1.82, 2.24) is 4.31 Å². The second kappa shape index (κ2) is 6.77. The summed E-state index contributed by atoms with van der Waals surface area (Å²) in [4.78, 5) is 0. The number of methoxy groups -OCH3 is 1. The van der Waals surface area contributed by atoms with Crippen molar-refractivity contribution in [3.8, 4) is 5.75 Å². The van der Waals surface area contributed by atoms with Gasteiger partial charge in [-0.25, -0.2) is 8.42 Å². The van der Waals surface area contributed by atoms with Crippen LogP contribution in [0, 0.1) is 0 Å². The van der Waals surface area contributed by atoms with Crippen molar-refractivity contribution in [2.24, 2.45) is 0 Å². The van der Waals surface area contributed by atoms with Gasteiger partial charge in [-0.05, 0) is 31.0 Å². The topological polar surface area (TPSA) is 55.8 Å². The minimum Gasteiger partial charge on any atom is -0.497 e. The minimum atomic E-state index is -3.26. The average Bonchev–Trinajstić information content (AvgIpc) is 2.37. The summed E-state index contributed by atoms with van der Waals surface area (Å²) in [5.74, 6) is 0.804. The fourth-order valence-corrected chi connectivity index (χ4v) is 4.38. The first-order valence-electron chi connectivity index (χ1n) is 7.20. The summed E-state index contributed by atoms with van der Waals surface area (Å²) in [6.07, 6.45) is 0.685. The Kier molecular flexibility index (Phi) is 5.24. The summed E-state index contributed by atoms with van der Waals surface area (Å²) < 4.78 is 36.7. The first-order valence-corrected chi connectivity index (χ1v) is 8.70. The predicted molar refractivity (Wildman–Crippen MR) is 82.1 cm³/mol. The van der Waals surface area contributed by atoms with Gasteiger partial charge in [-0.15, -0.1) is 0 Å². The second-order valence-corrected chi connectivity index (χ2v) is 7.47. The van der Waals surface area contributed by atoms with E-state index in [9.17, 15) is 8.42 Å². The Labute approximate surface area is 126 Å². The van der Waals surface area contributed by atoms with Crippen molar-refractivity contribution in [3.05, 3.63) is 29.8 Å². The summed E-state index contributed by atoms with van der Waals surface area (Å²) in [7, 11) is -1.63. The molecule has 0 bridgehead atoms. The van der Waals surface area contributed by atoms with Crippen LogP contribution < -0.4 is 4.74 Å². The van der Waals surface area contributed by atoms with Gasteiger partial charge in [0.05, 0.1) is 20.3 Å². The number of benzene rings is 1. The molecule has 6 heteroatoms. The molecule has 0 saturated carbocycles. The zero-order chi connectivity index (χ0) is 15.5. The molecule has 0 amide bonds. The molecule has 0 N–H and O–H groups in total. The molecule has 0 radical (unpaired) electrons. The number of likely N-dealkylation sites (N-methyl/N-ethyl adjacent to an activating group) is 1. The predicted octanol–water partition coefficient (Wildman–Crippen LogP) is 1.68. The van der Waals surface area contributed by atoms with Gasteiger partial charge in [-0.2, -0.15) is 4.31 Å². The van der Waals surface area contributed by atoms with Gasteiger partial charge in [0.2, 0.25) is 10.0 Å². The molecule has 1 aliphatic heterocycles. The smallest absolute Gasteiger partial charge is 0.221 e. The maximum atomic E-state index is 12.5. The fourth-order valence-electron chi connectivity index (χ4n) is 2.52. The number of hydrogen-bond donors (Lipinski definition) is 0. The third-order valence-corrected chi connectivity index (χ3v) is 6.24. The van der Waals surface area contributed by atoms with Gasteiger partial charge in [-0.1, -0.05) is 19.1 Å². The van der Waals surface area contributed by atoms with Crippen molar-refractivity contribution < 1.29 is 17.9 Å². The van der Waals surface area contributed by atoms with Crippen LogP contribution in [0.4, 0.5) is 0 Å². The lowest BCUT2D eigenvalue weighted by molar-refractivity contribution is 0.0387. The number of ether oxygens (including phenoxy) is 2. The molecule has 118 valence electrons. The maximum absolute atomic E-state index is 12.5. The lowest BCUT2D eigenvalue weighted by Crippen LogP contribution is -2.51. The van der Waals surface area contributed by atoms with Gasteiger partial charge in [0.25, 0.3) is 0 Å². The van der Waals surface area contributed by atoms with Gasteiger partial charge in [0, 0.05) is 12.6 Å². The van der Waals surface area contributed by atoms with Crippen LogP contribution in [0.15, 0.2) is 24.3 Å². The first kappa shape index (κ1) is 16.3. The molecule has 1 aromatic carbocycles. The average molecular weight is 313 g/mol. The van der Waals surface area contributed by atoms with Crippen molar-refractivity contribution in [1.29, 1.82) is 0 Å². The lowest BCUT2D eigenvalue weighted by atomic mass is 10.1. The molecular weight excluding hydrogens is 290 g/mol. The summed E-state index contributed by atoms with van der Waals surface area (Å²) in [6, 6.07) is 7.66. The van der Waals surface area contributed by atoms with Crippen molar-refractivity contribution in [2.75, 3.05) is 26.9 Å². The first-order chi connectivity index (χ1) is 9.98. The van der Waals surface area contributed by atoms with Crippen LogP contribution in [0.1, 0.15) is 19.4 Å². The summed E-state index contributed by atoms with van der Waals surface area (Å²) in [5, 5.41) is -0.379. The summed E-state index contributed by atoms with van der Waals surface area (Å²) in [6.45, 7) is 4.94. The highest BCUT2D eigenvalue weighted by molar-refractivity contribution is 7.89. The Balaban J connectivity index is 2.07. The highest BCUT2D eigenvalue weighted by Gasteiger charge is 2.38. The molecule has 1 atom stereocenters. The van der Waals surface area contributed by atoms with Gasteiger partial charge in [0.1, 0.15) is 11.0 Å². The molecular formula is C15H23NO4S. The standard InChI is InChI=1S/C15H23NO4S/c1-4-16(21(17,18)15-10-20-11-15)12(2)9-13-5-7-14(19-3)8-6-13/h5-8,12,15H,4,9-11H2,1-3H3. The molecule has 2 rings (SSSR count). The Bertz CT molecular complexity index is 552. The van der Waals surface area contributed by atoms with E-state index in [1.54, 1.807) is 11.4 Å². The summed E-state index contributed by atoms with van der Waals surface area (Å²) in [5.41, 5.74) is 1.10. The molecule has 1 heterocycles. The maximum Gasteiger partial charge on any atom is 0.221 e. The molecule has 1 unspecified atom stereocenters. The van der Waals surface area contributed by atoms with E-state index in [4.69, 9.17) is 9.47 Å². The number of rotatable bonds is 7. The summed E-state index contributed by atoms with van der Waals surface area (Å²) >= 11 is 0. The van der Waals surface area contributed by atoms with E-state index in [0.717, 1.165) is 11.3 Å². The van der Waals surface area contributed by atoms with Crippen LogP contribution in [-0.2, 0) is 21.2 Å². The van der Waals surface area contributed by atoms with Crippen LogP contribution in [0.25, 0.3) is 0 Å². The normalized spacial score (nSPS) is 17.5.